The summed E-state index contributed by atoms with van der Waals surface area (Å²) in [7, 11) is 0. The number of nitro groups is 1. The highest BCUT2D eigenvalue weighted by molar-refractivity contribution is 8.00. The van der Waals surface area contributed by atoms with Crippen LogP contribution in [-0.4, -0.2) is 28.4 Å². The van der Waals surface area contributed by atoms with Gasteiger partial charge in [0.25, 0.3) is 17.5 Å². The van der Waals surface area contributed by atoms with E-state index < -0.39 is 16.7 Å². The second-order valence-electron chi connectivity index (χ2n) is 8.02. The fourth-order valence-electron chi connectivity index (χ4n) is 3.33. The second kappa shape index (κ2) is 13.2. The number of amides is 3. The van der Waals surface area contributed by atoms with Crippen molar-refractivity contribution in [3.63, 3.8) is 0 Å². The largest absolute Gasteiger partial charge is 0.325 e. The highest BCUT2D eigenvalue weighted by Crippen LogP contribution is 2.23. The molecule has 9 nitrogen and oxygen atoms in total. The minimum atomic E-state index is -0.509. The lowest BCUT2D eigenvalue weighted by molar-refractivity contribution is -0.384. The number of rotatable bonds is 10. The number of hydrogen-bond donors (Lipinski definition) is 3. The highest BCUT2D eigenvalue weighted by atomic mass is 32.2. The summed E-state index contributed by atoms with van der Waals surface area (Å²) in [5, 5.41) is 20.8. The van der Waals surface area contributed by atoms with Crippen LogP contribution in [0.15, 0.2) is 107 Å². The number of non-ortho nitro benzene ring substituents is 1. The van der Waals surface area contributed by atoms with Gasteiger partial charge in [-0.25, -0.2) is 0 Å². The third-order valence-corrected chi connectivity index (χ3v) is 7.00. The van der Waals surface area contributed by atoms with E-state index in [1.54, 1.807) is 60.7 Å². The van der Waals surface area contributed by atoms with Crippen LogP contribution >= 0.6 is 23.1 Å². The summed E-state index contributed by atoms with van der Waals surface area (Å²) in [6.45, 7) is 0. The SMILES string of the molecule is O=C(CSc1cccc(NC(=O)/C(=C/c2cccs2)NC(=O)c2ccccc2)c1)Nc1ccc([N+](=O)[O-])cc1. The molecule has 4 aromatic rings. The van der Waals surface area contributed by atoms with Crippen LogP contribution in [0.4, 0.5) is 17.1 Å². The third kappa shape index (κ3) is 8.12. The Balaban J connectivity index is 1.39. The molecule has 1 aromatic heterocycles. The van der Waals surface area contributed by atoms with Crippen molar-refractivity contribution in [2.75, 3.05) is 16.4 Å². The maximum atomic E-state index is 13.1. The lowest BCUT2D eigenvalue weighted by Crippen LogP contribution is -2.30. The van der Waals surface area contributed by atoms with E-state index in [-0.39, 0.29) is 23.0 Å². The van der Waals surface area contributed by atoms with Crippen LogP contribution < -0.4 is 16.0 Å². The number of carbonyl (C=O) groups is 3. The van der Waals surface area contributed by atoms with E-state index in [0.717, 1.165) is 9.77 Å². The summed E-state index contributed by atoms with van der Waals surface area (Å²) in [6, 6.07) is 24.9. The van der Waals surface area contributed by atoms with Crippen molar-refractivity contribution >= 4 is 64.0 Å². The van der Waals surface area contributed by atoms with E-state index in [9.17, 15) is 24.5 Å². The molecule has 0 saturated carbocycles. The Labute approximate surface area is 232 Å². The number of nitro benzene ring substituents is 1. The van der Waals surface area contributed by atoms with E-state index in [1.807, 2.05) is 17.5 Å². The Morgan fingerprint density at radius 1 is 0.872 bits per heavy atom. The second-order valence-corrected chi connectivity index (χ2v) is 10.0. The molecule has 0 spiro atoms. The lowest BCUT2D eigenvalue weighted by atomic mass is 10.2. The summed E-state index contributed by atoms with van der Waals surface area (Å²) in [4.78, 5) is 50.0. The molecule has 0 fully saturated rings. The molecule has 0 aliphatic heterocycles. The Bertz CT molecular complexity index is 1500. The molecule has 0 aliphatic carbocycles. The molecular weight excluding hydrogens is 536 g/mol. The molecule has 0 atom stereocenters. The molecule has 39 heavy (non-hydrogen) atoms. The summed E-state index contributed by atoms with van der Waals surface area (Å²) < 4.78 is 0. The Morgan fingerprint density at radius 2 is 1.64 bits per heavy atom. The molecule has 4 rings (SSSR count). The van der Waals surface area contributed by atoms with Crippen LogP contribution in [0.1, 0.15) is 15.2 Å². The molecule has 0 aliphatic rings. The molecule has 3 N–H and O–H groups in total. The predicted molar refractivity (Wildman–Crippen MR) is 154 cm³/mol. The van der Waals surface area contributed by atoms with Crippen LogP contribution in [0.5, 0.6) is 0 Å². The van der Waals surface area contributed by atoms with Gasteiger partial charge in [0.15, 0.2) is 0 Å². The zero-order valence-electron chi connectivity index (χ0n) is 20.3. The number of benzene rings is 3. The topological polar surface area (TPSA) is 130 Å². The van der Waals surface area contributed by atoms with Gasteiger partial charge < -0.3 is 16.0 Å². The van der Waals surface area contributed by atoms with Crippen molar-refractivity contribution in [2.45, 2.75) is 4.90 Å². The predicted octanol–water partition coefficient (Wildman–Crippen LogP) is 5.80. The first kappa shape index (κ1) is 27.3. The van der Waals surface area contributed by atoms with E-state index in [0.29, 0.717) is 16.9 Å². The van der Waals surface area contributed by atoms with Gasteiger partial charge in [-0.05, 0) is 60.0 Å². The van der Waals surface area contributed by atoms with Crippen LogP contribution in [0.25, 0.3) is 6.08 Å². The first-order chi connectivity index (χ1) is 18.9. The number of thiophene rings is 1. The minimum Gasteiger partial charge on any atom is -0.325 e. The fraction of sp³-hybridized carbons (Fsp3) is 0.0357. The molecule has 0 bridgehead atoms. The molecule has 0 unspecified atom stereocenters. The maximum Gasteiger partial charge on any atom is 0.272 e. The van der Waals surface area contributed by atoms with Crippen molar-refractivity contribution in [3.8, 4) is 0 Å². The van der Waals surface area contributed by atoms with Crippen molar-refractivity contribution in [2.24, 2.45) is 0 Å². The Morgan fingerprint density at radius 3 is 2.33 bits per heavy atom. The fourth-order valence-corrected chi connectivity index (χ4v) is 4.74. The summed E-state index contributed by atoms with van der Waals surface area (Å²) in [6.07, 6.45) is 1.61. The van der Waals surface area contributed by atoms with Crippen LogP contribution in [0.2, 0.25) is 0 Å². The Kier molecular flexibility index (Phi) is 9.22. The number of carbonyl (C=O) groups excluding carboxylic acids is 3. The highest BCUT2D eigenvalue weighted by Gasteiger charge is 2.16. The van der Waals surface area contributed by atoms with Crippen molar-refractivity contribution < 1.29 is 19.3 Å². The molecule has 3 amide bonds. The first-order valence-corrected chi connectivity index (χ1v) is 13.4. The van der Waals surface area contributed by atoms with E-state index in [2.05, 4.69) is 16.0 Å². The number of hydrogen-bond acceptors (Lipinski definition) is 7. The lowest BCUT2D eigenvalue weighted by Gasteiger charge is -2.12. The zero-order valence-corrected chi connectivity index (χ0v) is 22.0. The Hall–Kier alpha value is -4.74. The number of nitrogens with one attached hydrogen (secondary N) is 3. The van der Waals surface area contributed by atoms with Gasteiger partial charge in [0, 0.05) is 38.8 Å². The minimum absolute atomic E-state index is 0.0609. The van der Waals surface area contributed by atoms with Crippen LogP contribution in [-0.2, 0) is 9.59 Å². The molecule has 0 radical (unpaired) electrons. The monoisotopic (exact) mass is 558 g/mol. The van der Waals surface area contributed by atoms with Gasteiger partial charge in [0.05, 0.1) is 10.7 Å². The van der Waals surface area contributed by atoms with Gasteiger partial charge in [-0.2, -0.15) is 0 Å². The quantitative estimate of drug-likeness (QED) is 0.0977. The first-order valence-electron chi connectivity index (χ1n) is 11.6. The molecular formula is C28H22N4O5S2. The number of nitrogens with zero attached hydrogens (tertiary/aromatic N) is 1. The number of thioether (sulfide) groups is 1. The molecule has 1 heterocycles. The summed E-state index contributed by atoms with van der Waals surface area (Å²) in [5.74, 6) is -1.10. The zero-order chi connectivity index (χ0) is 27.6. The molecule has 3 aromatic carbocycles. The molecule has 11 heteroatoms. The normalized spacial score (nSPS) is 10.9. The molecule has 0 saturated heterocycles. The van der Waals surface area contributed by atoms with Crippen molar-refractivity contribution in [1.29, 1.82) is 0 Å². The molecule has 196 valence electrons. The maximum absolute atomic E-state index is 13.1. The van der Waals surface area contributed by atoms with Gasteiger partial charge in [-0.3, -0.25) is 24.5 Å². The van der Waals surface area contributed by atoms with Gasteiger partial charge >= 0.3 is 0 Å². The van der Waals surface area contributed by atoms with Crippen molar-refractivity contribution in [3.05, 3.63) is 123 Å². The van der Waals surface area contributed by atoms with Crippen LogP contribution in [0, 0.1) is 10.1 Å². The van der Waals surface area contributed by atoms with Gasteiger partial charge in [-0.15, -0.1) is 23.1 Å². The number of anilines is 2. The van der Waals surface area contributed by atoms with Crippen LogP contribution in [0.3, 0.4) is 0 Å². The van der Waals surface area contributed by atoms with E-state index in [4.69, 9.17) is 0 Å². The standard InChI is InChI=1S/C28H22N4O5S2/c33-26(29-20-11-13-22(14-12-20)32(36)37)18-39-23-9-4-8-21(16-23)30-28(35)25(17-24-10-5-15-38-24)31-27(34)19-6-2-1-3-7-19/h1-17H,18H2,(H,29,33)(H,30,35)(H,31,34)/b25-17-. The van der Waals surface area contributed by atoms with Gasteiger partial charge in [-0.1, -0.05) is 30.3 Å². The average Bonchev–Trinajstić information content (AvgIpc) is 3.46. The average molecular weight is 559 g/mol. The van der Waals surface area contributed by atoms with Crippen molar-refractivity contribution in [1.82, 2.24) is 5.32 Å². The summed E-state index contributed by atoms with van der Waals surface area (Å²) in [5.41, 5.74) is 1.40. The smallest absolute Gasteiger partial charge is 0.272 e. The van der Waals surface area contributed by atoms with Gasteiger partial charge in [0.2, 0.25) is 5.91 Å². The third-order valence-electron chi connectivity index (χ3n) is 5.18. The van der Waals surface area contributed by atoms with E-state index >= 15 is 0 Å². The van der Waals surface area contributed by atoms with E-state index in [1.165, 1.54) is 47.4 Å². The van der Waals surface area contributed by atoms with Gasteiger partial charge in [0.1, 0.15) is 5.70 Å². The summed E-state index contributed by atoms with van der Waals surface area (Å²) >= 11 is 2.70.